The number of aliphatic carboxylic acids is 2. The predicted molar refractivity (Wildman–Crippen MR) is 299 cm³/mol. The van der Waals surface area contributed by atoms with E-state index in [1.807, 2.05) is 4.98 Å². The molecule has 0 spiro atoms. The quantitative estimate of drug-likeness (QED) is 0.0190. The van der Waals surface area contributed by atoms with Crippen molar-refractivity contribution < 1.29 is 78.0 Å². The summed E-state index contributed by atoms with van der Waals surface area (Å²) in [5.41, 5.74) is 10.0. The van der Waals surface area contributed by atoms with Crippen LogP contribution in [0.1, 0.15) is 125 Å². The maximum atomic E-state index is 14.5. The molecule has 2 saturated heterocycles. The van der Waals surface area contributed by atoms with Crippen molar-refractivity contribution in [3.63, 3.8) is 0 Å². The van der Waals surface area contributed by atoms with Gasteiger partial charge in [0.25, 0.3) is 5.56 Å². The summed E-state index contributed by atoms with van der Waals surface area (Å²) in [7, 11) is 1.24. The minimum atomic E-state index is -1.90. The number of carboxylic acid groups (broad SMARTS) is 2. The average molecular weight is 1190 g/mol. The van der Waals surface area contributed by atoms with Crippen molar-refractivity contribution in [2.45, 2.75) is 210 Å². The summed E-state index contributed by atoms with van der Waals surface area (Å²) in [5.74, 6) is -5.52. The third kappa shape index (κ3) is 21.3. The number of methoxy groups -OCH3 is 1. The number of aliphatic hydroxyl groups is 3. The molecule has 0 radical (unpaired) electrons. The highest BCUT2D eigenvalue weighted by atomic mass is 16.7. The zero-order valence-corrected chi connectivity index (χ0v) is 48.7. The fourth-order valence-corrected chi connectivity index (χ4v) is 10.0. The largest absolute Gasteiger partial charge is 0.480 e. The number of aromatic nitrogens is 2. The molecule has 3 aliphatic heterocycles. The van der Waals surface area contributed by atoms with Crippen LogP contribution in [0.4, 0.5) is 4.79 Å². The molecular formula is C53H92N12O18. The van der Waals surface area contributed by atoms with Crippen LogP contribution in [-0.4, -0.2) is 202 Å². The van der Waals surface area contributed by atoms with Crippen molar-refractivity contribution in [1.82, 2.24) is 46.8 Å². The second-order valence-electron chi connectivity index (χ2n) is 22.3. The van der Waals surface area contributed by atoms with Gasteiger partial charge in [-0.15, -0.1) is 0 Å². The number of hydrogen-bond donors (Lipinski definition) is 15. The Morgan fingerprint density at radius 1 is 0.807 bits per heavy atom. The number of carboxylic acids is 2. The summed E-state index contributed by atoms with van der Waals surface area (Å²) >= 11 is 0. The lowest BCUT2D eigenvalue weighted by atomic mass is 9.96. The van der Waals surface area contributed by atoms with E-state index in [0.29, 0.717) is 12.3 Å². The molecule has 0 aliphatic carbocycles. The zero-order chi connectivity index (χ0) is 61.5. The van der Waals surface area contributed by atoms with Crippen LogP contribution in [0.2, 0.25) is 0 Å². The number of ether oxygens (including phenoxy) is 5. The minimum absolute atomic E-state index is 0.0225. The molecule has 15 unspecified atom stereocenters. The number of nitrogens with two attached hydrogens (primary N) is 2. The smallest absolute Gasteiger partial charge is 0.330 e. The van der Waals surface area contributed by atoms with E-state index >= 15 is 0 Å². The molecule has 30 nitrogen and oxygen atoms in total. The van der Waals surface area contributed by atoms with Crippen molar-refractivity contribution in [2.75, 3.05) is 40.0 Å². The number of amides is 4. The lowest BCUT2D eigenvalue weighted by Crippen LogP contribution is -2.66. The molecule has 30 heteroatoms. The van der Waals surface area contributed by atoms with Crippen LogP contribution in [0.5, 0.6) is 0 Å². The highest BCUT2D eigenvalue weighted by Crippen LogP contribution is 2.35. The highest BCUT2D eigenvalue weighted by molar-refractivity contribution is 5.94. The van der Waals surface area contributed by atoms with E-state index in [4.69, 9.17) is 35.2 Å². The third-order valence-corrected chi connectivity index (χ3v) is 14.7. The van der Waals surface area contributed by atoms with Gasteiger partial charge in [0.1, 0.15) is 73.0 Å². The molecule has 2 fully saturated rings. The standard InChI is InChI=1S/C53H92N12O18/c1-27(2)17-14-12-10-8-9-11-13-15-18-33(67)81-41(29(5)6)36(62-46(72)35(30-19-23-58-51(55)60-30)64-52(77)63-34(28(3)4)48(73)74)45(71)57-22-16-21-56-26-59-37(49(75)76)42(83-50-44(79-7)38(68)31(25-54)80-50)43-39(69)40(70)47(82-43)65-24-20-32(66)61-53(65)78/h20,24,27-31,34-44,47,50,56,59,68-70H,8-19,21-23,25-26,54H2,1-7H3,(H,57,71)(H,62,72)(H,73,74)(H,75,76)(H3,55,58,60)(H,61,66,78)(H2,63,64,77). The van der Waals surface area contributed by atoms with Gasteiger partial charge in [-0.3, -0.25) is 43.8 Å². The number of guanidine groups is 1. The molecule has 4 heterocycles. The Morgan fingerprint density at radius 2 is 1.47 bits per heavy atom. The number of carbonyl (C=O) groups is 6. The predicted octanol–water partition coefficient (Wildman–Crippen LogP) is -2.24. The number of hydrogen-bond acceptors (Lipinski definition) is 22. The van der Waals surface area contributed by atoms with Crippen molar-refractivity contribution in [2.24, 2.45) is 34.2 Å². The van der Waals surface area contributed by atoms with Gasteiger partial charge in [0.05, 0.1) is 6.04 Å². The summed E-state index contributed by atoms with van der Waals surface area (Å²) < 4.78 is 30.0. The third-order valence-electron chi connectivity index (χ3n) is 14.7. The summed E-state index contributed by atoms with van der Waals surface area (Å²) in [6, 6.07) is -7.00. The van der Waals surface area contributed by atoms with Crippen LogP contribution in [0, 0.1) is 17.8 Å². The van der Waals surface area contributed by atoms with Crippen LogP contribution >= 0.6 is 0 Å². The van der Waals surface area contributed by atoms with Crippen molar-refractivity contribution in [3.8, 4) is 0 Å². The van der Waals surface area contributed by atoms with E-state index < -0.39 is 150 Å². The summed E-state index contributed by atoms with van der Waals surface area (Å²) in [6.07, 6.45) is -4.51. The molecule has 472 valence electrons. The molecule has 3 aliphatic rings. The van der Waals surface area contributed by atoms with Crippen LogP contribution in [0.3, 0.4) is 0 Å². The average Bonchev–Trinajstić information content (AvgIpc) is 4.16. The second kappa shape index (κ2) is 34.8. The summed E-state index contributed by atoms with van der Waals surface area (Å²) in [4.78, 5) is 111. The Morgan fingerprint density at radius 3 is 2.06 bits per heavy atom. The van der Waals surface area contributed by atoms with Crippen molar-refractivity contribution >= 4 is 41.7 Å². The van der Waals surface area contributed by atoms with Gasteiger partial charge in [-0.1, -0.05) is 92.9 Å². The normalized spacial score (nSPS) is 24.7. The first kappa shape index (κ1) is 69.7. The Labute approximate surface area is 482 Å². The molecule has 0 aromatic carbocycles. The summed E-state index contributed by atoms with van der Waals surface area (Å²) in [6.45, 7) is 10.8. The van der Waals surface area contributed by atoms with Gasteiger partial charge in [0, 0.05) is 52.1 Å². The molecule has 1 aromatic heterocycles. The van der Waals surface area contributed by atoms with Gasteiger partial charge >= 0.3 is 29.6 Å². The monoisotopic (exact) mass is 1180 g/mol. The van der Waals surface area contributed by atoms with E-state index in [9.17, 15) is 63.9 Å². The van der Waals surface area contributed by atoms with Gasteiger partial charge in [-0.2, -0.15) is 0 Å². The number of H-pyrrole nitrogens is 1. The van der Waals surface area contributed by atoms with Gasteiger partial charge in [0.15, 0.2) is 18.5 Å². The first-order valence-electron chi connectivity index (χ1n) is 28.8. The number of rotatable bonds is 37. The van der Waals surface area contributed by atoms with Crippen molar-refractivity contribution in [3.05, 3.63) is 33.1 Å². The number of aliphatic hydroxyl groups excluding tert-OH is 3. The molecule has 0 saturated carbocycles. The van der Waals surface area contributed by atoms with E-state index in [1.165, 1.54) is 26.4 Å². The van der Waals surface area contributed by atoms with Gasteiger partial charge in [0.2, 0.25) is 11.8 Å². The first-order valence-corrected chi connectivity index (χ1v) is 28.8. The molecule has 4 amide bonds. The van der Waals surface area contributed by atoms with E-state index in [2.05, 4.69) is 56.1 Å². The maximum absolute atomic E-state index is 14.5. The molecule has 1 aromatic rings. The topological polar surface area (TPSA) is 453 Å². The number of nitrogens with zero attached hydrogens (tertiary/aromatic N) is 2. The molecule has 4 rings (SSSR count). The lowest BCUT2D eigenvalue weighted by molar-refractivity contribution is -0.231. The minimum Gasteiger partial charge on any atom is -0.480 e. The van der Waals surface area contributed by atoms with Crippen LogP contribution in [0.25, 0.3) is 0 Å². The zero-order valence-electron chi connectivity index (χ0n) is 48.7. The van der Waals surface area contributed by atoms with Gasteiger partial charge in [-0.05, 0) is 43.6 Å². The highest BCUT2D eigenvalue weighted by Gasteiger charge is 2.54. The maximum Gasteiger partial charge on any atom is 0.330 e. The Bertz CT molecular complexity index is 2380. The second-order valence-corrected chi connectivity index (χ2v) is 22.3. The van der Waals surface area contributed by atoms with E-state index in [0.717, 1.165) is 48.9 Å². The molecule has 15 atom stereocenters. The number of carbonyl (C=O) groups excluding carboxylic acids is 4. The number of unbranched alkanes of at least 4 members (excludes halogenated alkanes) is 7. The van der Waals surface area contributed by atoms with Gasteiger partial charge in [-0.25, -0.2) is 14.4 Å². The van der Waals surface area contributed by atoms with Crippen molar-refractivity contribution in [1.29, 1.82) is 0 Å². The number of aromatic amines is 1. The Balaban J connectivity index is 1.49. The van der Waals surface area contributed by atoms with Gasteiger partial charge < -0.3 is 92.6 Å². The SMILES string of the molecule is COC1C(OC(C(NCNCCCNC(=O)C(NC(=O)C(NC(=O)NC(C(=O)O)C(C)C)C2CCN=C(N)N2)C(OC(=O)CCCCCCCCCCC(C)C)C(C)C)C(=O)O)C2OC(n3ccc(=O)[nH]c3=O)C(O)C2O)OC(CN)C1O. The van der Waals surface area contributed by atoms with Crippen LogP contribution in [0.15, 0.2) is 26.8 Å². The number of nitrogens with one attached hydrogen (secondary N) is 8. The number of aliphatic imine (C=N–C) groups is 1. The Kier molecular flexibility index (Phi) is 29.2. The number of esters is 1. The molecule has 17 N–H and O–H groups in total. The first-order chi connectivity index (χ1) is 39.4. The number of urea groups is 1. The Hall–Kier alpha value is -5.83. The van der Waals surface area contributed by atoms with E-state index in [-0.39, 0.29) is 58.1 Å². The summed E-state index contributed by atoms with van der Waals surface area (Å²) in [5, 5.41) is 72.6. The fraction of sp³-hybridized carbons (Fsp3) is 0.792. The van der Waals surface area contributed by atoms with E-state index in [1.54, 1.807) is 27.7 Å². The fourth-order valence-electron chi connectivity index (χ4n) is 10.0. The van der Waals surface area contributed by atoms with Crippen LogP contribution < -0.4 is 59.9 Å². The molecule has 0 bridgehead atoms. The molecular weight excluding hydrogens is 1090 g/mol. The molecule has 83 heavy (non-hydrogen) atoms. The lowest BCUT2D eigenvalue weighted by Gasteiger charge is -2.34. The van der Waals surface area contributed by atoms with Crippen LogP contribution in [-0.2, 0) is 47.7 Å².